The van der Waals surface area contributed by atoms with Crippen LogP contribution in [0.15, 0.2) is 67.3 Å². The maximum Gasteiger partial charge on any atom is 0.246 e. The van der Waals surface area contributed by atoms with Gasteiger partial charge in [-0.3, -0.25) is 10.2 Å². The van der Waals surface area contributed by atoms with Crippen molar-refractivity contribution >= 4 is 17.6 Å². The summed E-state index contributed by atoms with van der Waals surface area (Å²) < 4.78 is 7.52. The van der Waals surface area contributed by atoms with Gasteiger partial charge in [0, 0.05) is 18.7 Å². The molecule has 8 heteroatoms. The average Bonchev–Trinajstić information content (AvgIpc) is 3.39. The predicted molar refractivity (Wildman–Crippen MR) is 120 cm³/mol. The number of para-hydroxylation sites is 1. The summed E-state index contributed by atoms with van der Waals surface area (Å²) in [5, 5.41) is 12.7. The van der Waals surface area contributed by atoms with E-state index in [2.05, 4.69) is 11.7 Å². The summed E-state index contributed by atoms with van der Waals surface area (Å²) in [6.45, 7) is 4.63. The van der Waals surface area contributed by atoms with Crippen LogP contribution in [0.2, 0.25) is 0 Å². The lowest BCUT2D eigenvalue weighted by Crippen LogP contribution is -2.27. The van der Waals surface area contributed by atoms with E-state index in [9.17, 15) is 4.79 Å². The third-order valence-electron chi connectivity index (χ3n) is 5.32. The highest BCUT2D eigenvalue weighted by atomic mass is 16.5. The first-order chi connectivity index (χ1) is 15.0. The molecule has 2 aromatic carbocycles. The van der Waals surface area contributed by atoms with E-state index in [0.29, 0.717) is 42.3 Å². The van der Waals surface area contributed by atoms with Gasteiger partial charge in [0.05, 0.1) is 11.6 Å². The summed E-state index contributed by atoms with van der Waals surface area (Å²) >= 11 is 0. The van der Waals surface area contributed by atoms with Gasteiger partial charge in [0.15, 0.2) is 0 Å². The van der Waals surface area contributed by atoms with Crippen molar-refractivity contribution in [1.29, 1.82) is 5.41 Å². The zero-order valence-electron chi connectivity index (χ0n) is 17.0. The maximum atomic E-state index is 11.9. The molecular weight excluding hydrogens is 392 g/mol. The highest BCUT2D eigenvalue weighted by molar-refractivity contribution is 6.04. The fourth-order valence-corrected chi connectivity index (χ4v) is 3.77. The van der Waals surface area contributed by atoms with Crippen molar-refractivity contribution in [3.8, 4) is 22.8 Å². The number of nitrogens with zero attached hydrogens (tertiary/aromatic N) is 3. The second-order valence-corrected chi connectivity index (χ2v) is 7.34. The number of nitrogens with one attached hydrogen (secondary N) is 1. The summed E-state index contributed by atoms with van der Waals surface area (Å²) in [7, 11) is 0. The van der Waals surface area contributed by atoms with E-state index in [-0.39, 0.29) is 17.8 Å². The second kappa shape index (κ2) is 8.35. The molecular formula is C23H24N6O2. The molecule has 0 radical (unpaired) electrons. The van der Waals surface area contributed by atoms with Gasteiger partial charge in [-0.25, -0.2) is 4.68 Å². The van der Waals surface area contributed by atoms with Crippen LogP contribution in [0.25, 0.3) is 11.3 Å². The topological polar surface area (TPSA) is 123 Å². The normalized spacial score (nSPS) is 15.6. The molecule has 1 unspecified atom stereocenters. The maximum absolute atomic E-state index is 11.9. The van der Waals surface area contributed by atoms with E-state index >= 15 is 0 Å². The molecule has 1 atom stereocenters. The first-order valence-electron chi connectivity index (χ1n) is 9.95. The van der Waals surface area contributed by atoms with Gasteiger partial charge in [0.2, 0.25) is 5.91 Å². The largest absolute Gasteiger partial charge is 0.457 e. The number of rotatable bonds is 6. The van der Waals surface area contributed by atoms with Crippen LogP contribution in [0, 0.1) is 5.41 Å². The molecule has 1 saturated heterocycles. The van der Waals surface area contributed by atoms with Crippen LogP contribution in [0.1, 0.15) is 18.0 Å². The van der Waals surface area contributed by atoms with Crippen LogP contribution >= 0.6 is 0 Å². The summed E-state index contributed by atoms with van der Waals surface area (Å²) in [5.41, 5.74) is 13.9. The summed E-state index contributed by atoms with van der Waals surface area (Å²) in [5.74, 6) is 1.48. The van der Waals surface area contributed by atoms with Crippen LogP contribution in [-0.4, -0.2) is 39.5 Å². The number of amidine groups is 1. The van der Waals surface area contributed by atoms with Gasteiger partial charge < -0.3 is 21.1 Å². The summed E-state index contributed by atoms with van der Waals surface area (Å²) in [6.07, 6.45) is 2.02. The number of anilines is 1. The molecule has 0 saturated carbocycles. The molecule has 5 N–H and O–H groups in total. The minimum atomic E-state index is -0.152. The second-order valence-electron chi connectivity index (χ2n) is 7.34. The number of aromatic nitrogens is 2. The molecule has 158 valence electrons. The Kier molecular flexibility index (Phi) is 5.44. The summed E-state index contributed by atoms with van der Waals surface area (Å²) in [6, 6.07) is 16.8. The predicted octanol–water partition coefficient (Wildman–Crippen LogP) is 3.17. The number of ether oxygens (including phenoxy) is 1. The fraction of sp³-hybridized carbons (Fsp3) is 0.174. The number of hydrogen-bond donors (Lipinski definition) is 3. The number of carbonyl (C=O) groups excluding carboxylic acids is 1. The van der Waals surface area contributed by atoms with Gasteiger partial charge in [-0.15, -0.1) is 0 Å². The van der Waals surface area contributed by atoms with Crippen LogP contribution < -0.4 is 16.2 Å². The number of carbonyl (C=O) groups is 1. The smallest absolute Gasteiger partial charge is 0.246 e. The molecule has 1 aliphatic heterocycles. The van der Waals surface area contributed by atoms with E-state index < -0.39 is 0 Å². The zero-order chi connectivity index (χ0) is 22.0. The van der Waals surface area contributed by atoms with Crippen molar-refractivity contribution in [1.82, 2.24) is 14.7 Å². The van der Waals surface area contributed by atoms with Crippen LogP contribution in [0.3, 0.4) is 0 Å². The fourth-order valence-electron chi connectivity index (χ4n) is 3.77. The van der Waals surface area contributed by atoms with Gasteiger partial charge in [0.1, 0.15) is 28.8 Å². The monoisotopic (exact) mass is 416 g/mol. The molecule has 2 heterocycles. The van der Waals surface area contributed by atoms with E-state index in [1.165, 1.54) is 6.08 Å². The number of likely N-dealkylation sites (tertiary alicyclic amines) is 1. The Hall–Kier alpha value is -4.07. The van der Waals surface area contributed by atoms with Gasteiger partial charge in [0.25, 0.3) is 0 Å². The van der Waals surface area contributed by atoms with E-state index in [1.54, 1.807) is 9.58 Å². The van der Waals surface area contributed by atoms with Gasteiger partial charge in [-0.2, -0.15) is 5.10 Å². The van der Waals surface area contributed by atoms with Crippen molar-refractivity contribution in [2.45, 2.75) is 12.5 Å². The molecule has 8 nitrogen and oxygen atoms in total. The van der Waals surface area contributed by atoms with Crippen LogP contribution in [-0.2, 0) is 4.79 Å². The van der Waals surface area contributed by atoms with Crippen molar-refractivity contribution in [2.24, 2.45) is 5.73 Å². The Morgan fingerprint density at radius 2 is 1.84 bits per heavy atom. The molecule has 0 aliphatic carbocycles. The highest BCUT2D eigenvalue weighted by Crippen LogP contribution is 2.33. The third kappa shape index (κ3) is 4.00. The standard InChI is InChI=1S/C23H24N6O2/c1-2-19(30)28-13-12-16(14-28)29-23(26)20(22(24)25)21(27-29)15-8-10-18(11-9-15)31-17-6-4-3-5-7-17/h2-11,16H,1,12-14,26H2,(H3,24,25). The van der Waals surface area contributed by atoms with Crippen LogP contribution in [0.4, 0.5) is 5.82 Å². The molecule has 0 spiro atoms. The highest BCUT2D eigenvalue weighted by Gasteiger charge is 2.30. The third-order valence-corrected chi connectivity index (χ3v) is 5.32. The molecule has 4 rings (SSSR count). The Morgan fingerprint density at radius 1 is 1.16 bits per heavy atom. The van der Waals surface area contributed by atoms with E-state index in [1.807, 2.05) is 54.6 Å². The van der Waals surface area contributed by atoms with E-state index in [4.69, 9.17) is 21.6 Å². The number of amides is 1. The Bertz CT molecular complexity index is 1120. The van der Waals surface area contributed by atoms with Crippen molar-refractivity contribution in [3.05, 3.63) is 72.8 Å². The number of nitrogen functional groups attached to an aromatic ring is 2. The molecule has 1 fully saturated rings. The quantitative estimate of drug-likeness (QED) is 0.323. The Labute approximate surface area is 180 Å². The number of hydrogen-bond acceptors (Lipinski definition) is 5. The molecule has 1 aromatic heterocycles. The lowest BCUT2D eigenvalue weighted by atomic mass is 10.1. The summed E-state index contributed by atoms with van der Waals surface area (Å²) in [4.78, 5) is 13.6. The van der Waals surface area contributed by atoms with Crippen LogP contribution in [0.5, 0.6) is 11.5 Å². The Morgan fingerprint density at radius 3 is 2.48 bits per heavy atom. The average molecular weight is 416 g/mol. The lowest BCUT2D eigenvalue weighted by molar-refractivity contribution is -0.125. The molecule has 3 aromatic rings. The first kappa shape index (κ1) is 20.2. The zero-order valence-corrected chi connectivity index (χ0v) is 17.0. The number of nitrogens with two attached hydrogens (primary N) is 2. The van der Waals surface area contributed by atoms with E-state index in [0.717, 1.165) is 11.3 Å². The van der Waals surface area contributed by atoms with Crippen molar-refractivity contribution in [3.63, 3.8) is 0 Å². The van der Waals surface area contributed by atoms with Gasteiger partial charge in [-0.1, -0.05) is 24.8 Å². The minimum absolute atomic E-state index is 0.0866. The Balaban J connectivity index is 1.62. The van der Waals surface area contributed by atoms with Crippen molar-refractivity contribution < 1.29 is 9.53 Å². The molecule has 31 heavy (non-hydrogen) atoms. The van der Waals surface area contributed by atoms with Gasteiger partial charge >= 0.3 is 0 Å². The van der Waals surface area contributed by atoms with Gasteiger partial charge in [-0.05, 0) is 48.9 Å². The van der Waals surface area contributed by atoms with Crippen molar-refractivity contribution in [2.75, 3.05) is 18.8 Å². The molecule has 1 amide bonds. The number of benzene rings is 2. The molecule has 0 bridgehead atoms. The first-order valence-corrected chi connectivity index (χ1v) is 9.95. The minimum Gasteiger partial charge on any atom is -0.457 e. The SMILES string of the molecule is C=CC(=O)N1CCC(n2nc(-c3ccc(Oc4ccccc4)cc3)c(C(=N)N)c2N)C1. The molecule has 1 aliphatic rings. The lowest BCUT2D eigenvalue weighted by Gasteiger charge is -2.15.